The van der Waals surface area contributed by atoms with Gasteiger partial charge in [0.05, 0.1) is 23.5 Å². The number of nitrogens with zero attached hydrogens (tertiary/aromatic N) is 1. The molecule has 0 amide bonds. The summed E-state index contributed by atoms with van der Waals surface area (Å²) < 4.78 is 11.0. The standard InChI is InChI=1S/C25H19ClN2O2/c1-3-14-30-24-20(26)15-19(16-21(24)29-2)25-27-22(17-10-6-4-7-11-17)23(28-25)18-12-8-5-9-13-18/h1,4-13,15-16H,14H2,2H3,(H,27,28). The van der Waals surface area contributed by atoms with Crippen molar-refractivity contribution in [1.29, 1.82) is 0 Å². The molecule has 0 aliphatic carbocycles. The molecular formula is C25H19ClN2O2. The van der Waals surface area contributed by atoms with Crippen LogP contribution in [0.3, 0.4) is 0 Å². The highest BCUT2D eigenvalue weighted by atomic mass is 35.5. The van der Waals surface area contributed by atoms with Gasteiger partial charge in [-0.2, -0.15) is 0 Å². The van der Waals surface area contributed by atoms with Gasteiger partial charge in [-0.25, -0.2) is 4.98 Å². The van der Waals surface area contributed by atoms with Crippen molar-refractivity contribution in [2.45, 2.75) is 0 Å². The number of hydrogen-bond donors (Lipinski definition) is 1. The lowest BCUT2D eigenvalue weighted by atomic mass is 10.1. The molecule has 0 spiro atoms. The second-order valence-electron chi connectivity index (χ2n) is 6.52. The summed E-state index contributed by atoms with van der Waals surface area (Å²) in [5.74, 6) is 4.02. The van der Waals surface area contributed by atoms with Gasteiger partial charge in [0.15, 0.2) is 11.5 Å². The number of hydrogen-bond acceptors (Lipinski definition) is 3. The van der Waals surface area contributed by atoms with Gasteiger partial charge in [-0.1, -0.05) is 78.2 Å². The van der Waals surface area contributed by atoms with Crippen molar-refractivity contribution < 1.29 is 9.47 Å². The van der Waals surface area contributed by atoms with Crippen molar-refractivity contribution in [2.75, 3.05) is 13.7 Å². The zero-order valence-electron chi connectivity index (χ0n) is 16.4. The molecule has 0 bridgehead atoms. The molecule has 3 aromatic carbocycles. The van der Waals surface area contributed by atoms with Crippen LogP contribution in [-0.2, 0) is 0 Å². The molecule has 0 aliphatic heterocycles. The number of ether oxygens (including phenoxy) is 2. The molecule has 0 unspecified atom stereocenters. The molecule has 1 heterocycles. The summed E-state index contributed by atoms with van der Waals surface area (Å²) in [5, 5.41) is 0.401. The lowest BCUT2D eigenvalue weighted by Crippen LogP contribution is -1.98. The van der Waals surface area contributed by atoms with Gasteiger partial charge in [0, 0.05) is 16.7 Å². The molecule has 5 heteroatoms. The van der Waals surface area contributed by atoms with Crippen LogP contribution < -0.4 is 9.47 Å². The van der Waals surface area contributed by atoms with E-state index in [0.717, 1.165) is 28.1 Å². The first-order valence-electron chi connectivity index (χ1n) is 9.36. The van der Waals surface area contributed by atoms with Gasteiger partial charge in [-0.05, 0) is 12.1 Å². The molecule has 1 aromatic heterocycles. The Hall–Kier alpha value is -3.68. The number of H-pyrrole nitrogens is 1. The van der Waals surface area contributed by atoms with E-state index < -0.39 is 0 Å². The molecule has 0 fully saturated rings. The number of terminal acetylenes is 1. The summed E-state index contributed by atoms with van der Waals surface area (Å²) in [5.41, 5.74) is 4.64. The second kappa shape index (κ2) is 8.77. The Morgan fingerprint density at radius 3 is 2.27 bits per heavy atom. The number of methoxy groups -OCH3 is 1. The Balaban J connectivity index is 1.85. The molecule has 0 saturated heterocycles. The Morgan fingerprint density at radius 1 is 0.967 bits per heavy atom. The second-order valence-corrected chi connectivity index (χ2v) is 6.93. The van der Waals surface area contributed by atoms with Crippen LogP contribution in [0, 0.1) is 12.3 Å². The topological polar surface area (TPSA) is 47.1 Å². The van der Waals surface area contributed by atoms with E-state index in [1.807, 2.05) is 66.7 Å². The van der Waals surface area contributed by atoms with E-state index in [9.17, 15) is 0 Å². The summed E-state index contributed by atoms with van der Waals surface area (Å²) in [6.07, 6.45) is 5.29. The molecule has 4 aromatic rings. The molecule has 30 heavy (non-hydrogen) atoms. The zero-order chi connectivity index (χ0) is 20.9. The summed E-state index contributed by atoms with van der Waals surface area (Å²) in [6.45, 7) is 0.104. The lowest BCUT2D eigenvalue weighted by Gasteiger charge is -2.12. The summed E-state index contributed by atoms with van der Waals surface area (Å²) in [6, 6.07) is 23.8. The average Bonchev–Trinajstić information content (AvgIpc) is 3.24. The van der Waals surface area contributed by atoms with E-state index in [1.54, 1.807) is 13.2 Å². The maximum Gasteiger partial charge on any atom is 0.181 e. The van der Waals surface area contributed by atoms with E-state index in [1.165, 1.54) is 0 Å². The van der Waals surface area contributed by atoms with Crippen molar-refractivity contribution in [1.82, 2.24) is 9.97 Å². The fourth-order valence-corrected chi connectivity index (χ4v) is 3.50. The number of aromatic nitrogens is 2. The van der Waals surface area contributed by atoms with Crippen molar-refractivity contribution in [3.63, 3.8) is 0 Å². The minimum absolute atomic E-state index is 0.104. The number of benzene rings is 3. The quantitative estimate of drug-likeness (QED) is 0.388. The molecular weight excluding hydrogens is 396 g/mol. The third-order valence-corrected chi connectivity index (χ3v) is 4.90. The molecule has 0 radical (unpaired) electrons. The molecule has 148 valence electrons. The Bertz CT molecular complexity index is 1140. The average molecular weight is 415 g/mol. The van der Waals surface area contributed by atoms with Crippen LogP contribution in [0.4, 0.5) is 0 Å². The third kappa shape index (κ3) is 3.89. The first kappa shape index (κ1) is 19.6. The molecule has 0 atom stereocenters. The predicted molar refractivity (Wildman–Crippen MR) is 121 cm³/mol. The Morgan fingerprint density at radius 2 is 1.63 bits per heavy atom. The van der Waals surface area contributed by atoms with E-state index in [-0.39, 0.29) is 6.61 Å². The normalized spacial score (nSPS) is 10.4. The zero-order valence-corrected chi connectivity index (χ0v) is 17.1. The van der Waals surface area contributed by atoms with Crippen LogP contribution >= 0.6 is 11.6 Å². The Kier molecular flexibility index (Phi) is 5.74. The van der Waals surface area contributed by atoms with E-state index in [4.69, 9.17) is 32.5 Å². The molecule has 4 rings (SSSR count). The fraction of sp³-hybridized carbons (Fsp3) is 0.0800. The Labute approximate surface area is 180 Å². The van der Waals surface area contributed by atoms with Crippen LogP contribution in [-0.4, -0.2) is 23.7 Å². The van der Waals surface area contributed by atoms with Crippen molar-refractivity contribution in [3.05, 3.63) is 77.8 Å². The molecule has 1 N–H and O–H groups in total. The first-order chi connectivity index (χ1) is 14.7. The summed E-state index contributed by atoms with van der Waals surface area (Å²) in [7, 11) is 1.56. The monoisotopic (exact) mass is 414 g/mol. The van der Waals surface area contributed by atoms with Crippen LogP contribution in [0.1, 0.15) is 0 Å². The number of imidazole rings is 1. The van der Waals surface area contributed by atoms with Gasteiger partial charge in [0.25, 0.3) is 0 Å². The lowest BCUT2D eigenvalue weighted by molar-refractivity contribution is 0.331. The van der Waals surface area contributed by atoms with Crippen molar-refractivity contribution in [3.8, 4) is 57.7 Å². The van der Waals surface area contributed by atoms with E-state index >= 15 is 0 Å². The number of rotatable bonds is 6. The minimum atomic E-state index is 0.104. The molecule has 4 nitrogen and oxygen atoms in total. The van der Waals surface area contributed by atoms with E-state index in [2.05, 4.69) is 10.9 Å². The minimum Gasteiger partial charge on any atom is -0.493 e. The largest absolute Gasteiger partial charge is 0.493 e. The fourth-order valence-electron chi connectivity index (χ4n) is 3.24. The maximum atomic E-state index is 6.46. The SMILES string of the molecule is C#CCOc1c(Cl)cc(-c2nc(-c3ccccc3)c(-c3ccccc3)[nH]2)cc1OC. The van der Waals surface area contributed by atoms with Gasteiger partial charge in [-0.15, -0.1) is 6.42 Å². The van der Waals surface area contributed by atoms with Crippen LogP contribution in [0.5, 0.6) is 11.5 Å². The van der Waals surface area contributed by atoms with Gasteiger partial charge in [-0.3, -0.25) is 0 Å². The smallest absolute Gasteiger partial charge is 0.181 e. The van der Waals surface area contributed by atoms with Gasteiger partial charge < -0.3 is 14.5 Å². The van der Waals surface area contributed by atoms with Crippen LogP contribution in [0.25, 0.3) is 33.9 Å². The highest BCUT2D eigenvalue weighted by molar-refractivity contribution is 6.32. The first-order valence-corrected chi connectivity index (χ1v) is 9.74. The molecule has 0 aliphatic rings. The van der Waals surface area contributed by atoms with Gasteiger partial charge >= 0.3 is 0 Å². The van der Waals surface area contributed by atoms with Crippen molar-refractivity contribution >= 4 is 11.6 Å². The van der Waals surface area contributed by atoms with Gasteiger partial charge in [0.1, 0.15) is 12.4 Å². The summed E-state index contributed by atoms with van der Waals surface area (Å²) >= 11 is 6.46. The van der Waals surface area contributed by atoms with E-state index in [0.29, 0.717) is 22.3 Å². The van der Waals surface area contributed by atoms with Crippen LogP contribution in [0.15, 0.2) is 72.8 Å². The third-order valence-electron chi connectivity index (χ3n) is 4.62. The number of aromatic amines is 1. The van der Waals surface area contributed by atoms with Crippen LogP contribution in [0.2, 0.25) is 5.02 Å². The van der Waals surface area contributed by atoms with Gasteiger partial charge in [0.2, 0.25) is 0 Å². The van der Waals surface area contributed by atoms with Crippen molar-refractivity contribution in [2.24, 2.45) is 0 Å². The highest BCUT2D eigenvalue weighted by Gasteiger charge is 2.18. The predicted octanol–water partition coefficient (Wildman–Crippen LogP) is 6.08. The maximum absolute atomic E-state index is 6.46. The summed E-state index contributed by atoms with van der Waals surface area (Å²) in [4.78, 5) is 8.35. The number of nitrogens with one attached hydrogen (secondary N) is 1. The molecule has 0 saturated carbocycles. The highest BCUT2D eigenvalue weighted by Crippen LogP contribution is 2.40. The number of halogens is 1.